The minimum atomic E-state index is -5.17. The molecule has 2 N–H and O–H groups in total. The lowest BCUT2D eigenvalue weighted by Gasteiger charge is -2.43. The van der Waals surface area contributed by atoms with Crippen LogP contribution in [0, 0.1) is 0 Å². The Hall–Kier alpha value is -2.98. The number of esters is 3. The molecule has 1 fully saturated rings. The normalized spacial score (nSPS) is 21.8. The van der Waals surface area contributed by atoms with E-state index in [-0.39, 0.29) is 26.4 Å². The van der Waals surface area contributed by atoms with E-state index in [1.165, 1.54) is 5.39 Å². The Labute approximate surface area is 260 Å². The number of benzene rings is 2. The van der Waals surface area contributed by atoms with Crippen LogP contribution < -0.4 is 0 Å². The number of carbonyl (C=O) groups excluding carboxylic acids is 3. The summed E-state index contributed by atoms with van der Waals surface area (Å²) in [4.78, 5) is 54.1. The van der Waals surface area contributed by atoms with Crippen molar-refractivity contribution in [3.63, 3.8) is 0 Å². The molecule has 0 aliphatic carbocycles. The van der Waals surface area contributed by atoms with Crippen LogP contribution in [0.3, 0.4) is 0 Å². The highest BCUT2D eigenvalue weighted by Gasteiger charge is 2.53. The van der Waals surface area contributed by atoms with Crippen molar-refractivity contribution >= 4 is 36.5 Å². The van der Waals surface area contributed by atoms with Gasteiger partial charge < -0.3 is 47.7 Å². The van der Waals surface area contributed by atoms with Crippen molar-refractivity contribution in [3.05, 3.63) is 48.0 Å². The first-order valence-electron chi connectivity index (χ1n) is 14.1. The molecule has 0 amide bonds. The fraction of sp³-hybridized carbons (Fsp3) is 0.552. The molecular weight excluding hydrogens is 619 g/mol. The smallest absolute Gasteiger partial charge is 0.456 e. The number of hydrogen-bond donors (Lipinski definition) is 2. The van der Waals surface area contributed by atoms with Crippen molar-refractivity contribution < 1.29 is 71.2 Å². The fourth-order valence-corrected chi connectivity index (χ4v) is 4.93. The lowest BCUT2D eigenvalue weighted by atomic mass is 9.98. The summed E-state index contributed by atoms with van der Waals surface area (Å²) in [7, 11) is -5.17. The molecule has 5 atom stereocenters. The van der Waals surface area contributed by atoms with Gasteiger partial charge >= 0.3 is 25.7 Å². The van der Waals surface area contributed by atoms with Crippen molar-refractivity contribution in [2.24, 2.45) is 0 Å². The molecule has 16 heteroatoms. The minimum absolute atomic E-state index is 0.0527. The number of phosphoric acid groups is 1. The third-order valence-corrected chi connectivity index (χ3v) is 6.70. The zero-order valence-electron chi connectivity index (χ0n) is 25.2. The molecule has 250 valence electrons. The topological polar surface area (TPSA) is 192 Å². The Bertz CT molecular complexity index is 1300. The lowest BCUT2D eigenvalue weighted by Crippen LogP contribution is -2.62. The number of fused-ring (bicyclic) bond motifs is 1. The van der Waals surface area contributed by atoms with Gasteiger partial charge in [-0.2, -0.15) is 0 Å². The number of carbonyl (C=O) groups is 3. The van der Waals surface area contributed by atoms with Crippen LogP contribution in [0.25, 0.3) is 10.8 Å². The second-order valence-electron chi connectivity index (χ2n) is 9.89. The van der Waals surface area contributed by atoms with Crippen LogP contribution in [-0.4, -0.2) is 105 Å². The molecule has 0 spiro atoms. The molecule has 0 unspecified atom stereocenters. The first kappa shape index (κ1) is 36.5. The minimum Gasteiger partial charge on any atom is -0.456 e. The predicted octanol–water partition coefficient (Wildman–Crippen LogP) is 2.04. The summed E-state index contributed by atoms with van der Waals surface area (Å²) in [6, 6.07) is 14.3. The van der Waals surface area contributed by atoms with Crippen LogP contribution in [0.15, 0.2) is 42.5 Å². The number of phosphoric ester groups is 1. The average molecular weight is 659 g/mol. The molecule has 0 bridgehead atoms. The Morgan fingerprint density at radius 1 is 0.711 bits per heavy atom. The highest BCUT2D eigenvalue weighted by molar-refractivity contribution is 7.46. The summed E-state index contributed by atoms with van der Waals surface area (Å²) in [5.41, 5.74) is 1.07. The molecule has 2 aromatic rings. The molecule has 1 saturated heterocycles. The molecule has 2 aromatic carbocycles. The average Bonchev–Trinajstić information content (AvgIpc) is 2.95. The fourth-order valence-electron chi connectivity index (χ4n) is 4.49. The molecule has 3 rings (SSSR count). The molecule has 0 saturated carbocycles. The third-order valence-electron chi connectivity index (χ3n) is 6.22. The van der Waals surface area contributed by atoms with Crippen molar-refractivity contribution in [1.29, 1.82) is 0 Å². The van der Waals surface area contributed by atoms with Gasteiger partial charge in [-0.25, -0.2) is 4.57 Å². The Morgan fingerprint density at radius 2 is 1.24 bits per heavy atom. The van der Waals surface area contributed by atoms with Crippen molar-refractivity contribution in [2.75, 3.05) is 46.2 Å². The Kier molecular flexibility index (Phi) is 14.8. The SMILES string of the molecule is CC(=O)O[C@H]1[C@@H](OC(C)=O)[C@@H](COCCOCCOCCOCc2ccc3ccccc3c2)O[C@@H](OP(=O)(O)O)[C@@H]1OC(C)=O. The van der Waals surface area contributed by atoms with Gasteiger partial charge in [0, 0.05) is 20.8 Å². The molecule has 0 aromatic heterocycles. The van der Waals surface area contributed by atoms with E-state index in [4.69, 9.17) is 37.9 Å². The molecule has 1 aliphatic rings. The summed E-state index contributed by atoms with van der Waals surface area (Å²) in [6.45, 7) is 4.95. The largest absolute Gasteiger partial charge is 0.472 e. The maximum Gasteiger partial charge on any atom is 0.472 e. The molecule has 1 heterocycles. The Morgan fingerprint density at radius 3 is 1.84 bits per heavy atom. The van der Waals surface area contributed by atoms with E-state index < -0.39 is 56.4 Å². The van der Waals surface area contributed by atoms with Gasteiger partial charge in [0.1, 0.15) is 6.10 Å². The van der Waals surface area contributed by atoms with Crippen LogP contribution in [0.5, 0.6) is 0 Å². The third kappa shape index (κ3) is 13.1. The van der Waals surface area contributed by atoms with Crippen molar-refractivity contribution in [3.8, 4) is 0 Å². The van der Waals surface area contributed by atoms with E-state index in [1.807, 2.05) is 18.2 Å². The van der Waals surface area contributed by atoms with Gasteiger partial charge in [0.2, 0.25) is 6.29 Å². The number of rotatable bonds is 18. The van der Waals surface area contributed by atoms with Crippen LogP contribution in [-0.2, 0) is 68.0 Å². The van der Waals surface area contributed by atoms with E-state index in [2.05, 4.69) is 28.8 Å². The van der Waals surface area contributed by atoms with Crippen molar-refractivity contribution in [1.82, 2.24) is 0 Å². The second kappa shape index (κ2) is 18.2. The first-order chi connectivity index (χ1) is 21.4. The lowest BCUT2D eigenvalue weighted by molar-refractivity contribution is -0.292. The molecule has 15 nitrogen and oxygen atoms in total. The molecule has 0 radical (unpaired) electrons. The van der Waals surface area contributed by atoms with E-state index in [9.17, 15) is 28.7 Å². The van der Waals surface area contributed by atoms with Gasteiger partial charge in [-0.05, 0) is 22.4 Å². The van der Waals surface area contributed by atoms with Gasteiger partial charge in [-0.1, -0.05) is 36.4 Å². The van der Waals surface area contributed by atoms with Crippen molar-refractivity contribution in [2.45, 2.75) is 58.1 Å². The number of ether oxygens (including phenoxy) is 8. The van der Waals surface area contributed by atoms with E-state index >= 15 is 0 Å². The molecule has 1 aliphatic heterocycles. The van der Waals surface area contributed by atoms with E-state index in [0.29, 0.717) is 26.4 Å². The zero-order valence-corrected chi connectivity index (χ0v) is 26.1. The highest BCUT2D eigenvalue weighted by atomic mass is 31.2. The van der Waals surface area contributed by atoms with Crippen LogP contribution in [0.1, 0.15) is 26.3 Å². The molecule has 45 heavy (non-hydrogen) atoms. The maximum atomic E-state index is 11.8. The van der Waals surface area contributed by atoms with E-state index in [1.54, 1.807) is 0 Å². The van der Waals surface area contributed by atoms with Gasteiger partial charge in [-0.3, -0.25) is 18.9 Å². The van der Waals surface area contributed by atoms with Gasteiger partial charge in [0.05, 0.1) is 52.9 Å². The van der Waals surface area contributed by atoms with Crippen LogP contribution in [0.4, 0.5) is 0 Å². The quantitative estimate of drug-likeness (QED) is 0.102. The first-order valence-corrected chi connectivity index (χ1v) is 15.7. The second-order valence-corrected chi connectivity index (χ2v) is 11.1. The predicted molar refractivity (Wildman–Crippen MR) is 155 cm³/mol. The summed E-state index contributed by atoms with van der Waals surface area (Å²) < 4.78 is 59.6. The Balaban J connectivity index is 1.39. The maximum absolute atomic E-state index is 11.8. The summed E-state index contributed by atoms with van der Waals surface area (Å²) in [5.74, 6) is -2.53. The van der Waals surface area contributed by atoms with E-state index in [0.717, 1.165) is 31.7 Å². The van der Waals surface area contributed by atoms with Gasteiger partial charge in [0.15, 0.2) is 18.3 Å². The van der Waals surface area contributed by atoms with Gasteiger partial charge in [-0.15, -0.1) is 0 Å². The summed E-state index contributed by atoms with van der Waals surface area (Å²) in [5, 5.41) is 2.33. The monoisotopic (exact) mass is 658 g/mol. The molecular formula is C29H39O15P. The number of hydrogen-bond acceptors (Lipinski definition) is 13. The van der Waals surface area contributed by atoms with Crippen LogP contribution in [0.2, 0.25) is 0 Å². The van der Waals surface area contributed by atoms with Gasteiger partial charge in [0.25, 0.3) is 0 Å². The standard InChI is InChI=1S/C29H39O15P/c1-19(30)40-26-25(43-29(44-45(33,34)35)28(42-21(3)32)27(26)41-20(2)31)18-39-15-13-37-11-10-36-12-14-38-17-22-8-9-23-6-4-5-7-24(23)16-22/h4-9,16,25-29H,10-15,17-18H2,1-3H3,(H2,33,34,35)/t25-,26+,27+,28-,29+/m1/s1. The van der Waals surface area contributed by atoms with Crippen LogP contribution >= 0.6 is 7.82 Å². The summed E-state index contributed by atoms with van der Waals surface area (Å²) in [6.07, 6.45) is -7.69. The zero-order chi connectivity index (χ0) is 32.8. The highest BCUT2D eigenvalue weighted by Crippen LogP contribution is 2.42. The summed E-state index contributed by atoms with van der Waals surface area (Å²) >= 11 is 0.